The number of hydrogen-bond donors (Lipinski definition) is 3. The summed E-state index contributed by atoms with van der Waals surface area (Å²) in [5, 5.41) is 17.8. The van der Waals surface area contributed by atoms with Crippen molar-refractivity contribution in [1.29, 1.82) is 0 Å². The zero-order chi connectivity index (χ0) is 26.2. The van der Waals surface area contributed by atoms with E-state index < -0.39 is 0 Å². The summed E-state index contributed by atoms with van der Waals surface area (Å²) in [6.07, 6.45) is 3.66. The highest BCUT2D eigenvalue weighted by molar-refractivity contribution is 5.88. The molecule has 0 amide bonds. The van der Waals surface area contributed by atoms with E-state index in [-0.39, 0.29) is 24.0 Å². The SMILES string of the molecule is COc1cc2cc(-c3c(C)nc(NCc4ccccn4)nc3NC3(C)CCC(CO)C3C)oc2c(C)n1. The maximum absolute atomic E-state index is 9.88. The van der Waals surface area contributed by atoms with E-state index >= 15 is 0 Å². The molecule has 4 heterocycles. The normalized spacial score (nSPS) is 21.4. The van der Waals surface area contributed by atoms with Crippen LogP contribution in [0.1, 0.15) is 43.8 Å². The van der Waals surface area contributed by atoms with Crippen LogP contribution in [0.3, 0.4) is 0 Å². The van der Waals surface area contributed by atoms with Gasteiger partial charge in [0, 0.05) is 29.8 Å². The van der Waals surface area contributed by atoms with E-state index in [4.69, 9.17) is 19.1 Å². The molecule has 1 aliphatic rings. The van der Waals surface area contributed by atoms with Gasteiger partial charge in [0.05, 0.1) is 36.3 Å². The van der Waals surface area contributed by atoms with Crippen LogP contribution in [0.2, 0.25) is 0 Å². The van der Waals surface area contributed by atoms with Crippen molar-refractivity contribution in [2.24, 2.45) is 11.8 Å². The number of aliphatic hydroxyl groups is 1. The Hall–Kier alpha value is -3.72. The molecule has 1 aliphatic carbocycles. The van der Waals surface area contributed by atoms with Crippen LogP contribution in [0, 0.1) is 25.7 Å². The van der Waals surface area contributed by atoms with Crippen molar-refractivity contribution in [3.8, 4) is 17.2 Å². The second kappa shape index (κ2) is 9.97. The van der Waals surface area contributed by atoms with E-state index in [9.17, 15) is 5.11 Å². The first-order valence-corrected chi connectivity index (χ1v) is 12.7. The second-order valence-corrected chi connectivity index (χ2v) is 10.1. The Morgan fingerprint density at radius 1 is 1.16 bits per heavy atom. The van der Waals surface area contributed by atoms with Gasteiger partial charge in [-0.3, -0.25) is 4.98 Å². The van der Waals surface area contributed by atoms with Gasteiger partial charge in [0.2, 0.25) is 11.8 Å². The number of anilines is 2. The largest absolute Gasteiger partial charge is 0.481 e. The quantitative estimate of drug-likeness (QED) is 0.301. The van der Waals surface area contributed by atoms with E-state index in [1.807, 2.05) is 44.2 Å². The molecule has 1 saturated carbocycles. The van der Waals surface area contributed by atoms with Crippen molar-refractivity contribution < 1.29 is 14.3 Å². The average Bonchev–Trinajstić information content (AvgIpc) is 3.44. The maximum atomic E-state index is 9.88. The Bertz CT molecular complexity index is 1410. The first-order chi connectivity index (χ1) is 17.8. The molecule has 9 nitrogen and oxygen atoms in total. The number of nitrogens with zero attached hydrogens (tertiary/aromatic N) is 4. The summed E-state index contributed by atoms with van der Waals surface area (Å²) in [7, 11) is 1.61. The zero-order valence-electron chi connectivity index (χ0n) is 22.0. The van der Waals surface area contributed by atoms with Crippen molar-refractivity contribution in [1.82, 2.24) is 19.9 Å². The minimum Gasteiger partial charge on any atom is -0.481 e. The fourth-order valence-electron chi connectivity index (χ4n) is 5.29. The summed E-state index contributed by atoms with van der Waals surface area (Å²) in [6.45, 7) is 8.95. The standard InChI is InChI=1S/C28H34N6O3/c1-16-19(15-35)9-10-28(16,4)34-26-24(22-12-20-13-23(36-5)31-18(3)25(20)37-22)17(2)32-27(33-26)30-14-21-8-6-7-11-29-21/h6-8,11-13,16,19,35H,9-10,14-15H2,1-5H3,(H2,30,32,33,34). The van der Waals surface area contributed by atoms with Gasteiger partial charge in [-0.05, 0) is 63.6 Å². The van der Waals surface area contributed by atoms with Gasteiger partial charge in [-0.15, -0.1) is 0 Å². The Kier molecular flexibility index (Phi) is 6.72. The van der Waals surface area contributed by atoms with Gasteiger partial charge in [-0.2, -0.15) is 4.98 Å². The molecule has 3 N–H and O–H groups in total. The number of hydrogen-bond acceptors (Lipinski definition) is 9. The molecule has 37 heavy (non-hydrogen) atoms. The number of rotatable bonds is 8. The lowest BCUT2D eigenvalue weighted by Gasteiger charge is -2.33. The van der Waals surface area contributed by atoms with Gasteiger partial charge >= 0.3 is 0 Å². The molecule has 4 aromatic rings. The third-order valence-corrected chi connectivity index (χ3v) is 7.73. The van der Waals surface area contributed by atoms with Crippen LogP contribution in [0.5, 0.6) is 5.88 Å². The third kappa shape index (κ3) is 4.83. The molecule has 3 unspecified atom stereocenters. The van der Waals surface area contributed by atoms with E-state index in [0.717, 1.165) is 40.9 Å². The highest BCUT2D eigenvalue weighted by Gasteiger charge is 2.43. The number of aliphatic hydroxyl groups excluding tert-OH is 1. The first-order valence-electron chi connectivity index (χ1n) is 12.7. The maximum Gasteiger partial charge on any atom is 0.225 e. The topological polar surface area (TPSA) is 118 Å². The highest BCUT2D eigenvalue weighted by atomic mass is 16.5. The van der Waals surface area contributed by atoms with Gasteiger partial charge in [0.25, 0.3) is 0 Å². The fraction of sp³-hybridized carbons (Fsp3) is 0.429. The van der Waals surface area contributed by atoms with Gasteiger partial charge in [0.1, 0.15) is 11.6 Å². The second-order valence-electron chi connectivity index (χ2n) is 10.1. The highest BCUT2D eigenvalue weighted by Crippen LogP contribution is 2.44. The molecule has 0 aromatic carbocycles. The monoisotopic (exact) mass is 502 g/mol. The van der Waals surface area contributed by atoms with Crippen LogP contribution in [0.25, 0.3) is 22.3 Å². The smallest absolute Gasteiger partial charge is 0.225 e. The lowest BCUT2D eigenvalue weighted by molar-refractivity contribution is 0.187. The minimum atomic E-state index is -0.242. The van der Waals surface area contributed by atoms with Crippen molar-refractivity contribution in [2.45, 2.75) is 52.6 Å². The van der Waals surface area contributed by atoms with Crippen LogP contribution >= 0.6 is 0 Å². The molecular weight excluding hydrogens is 468 g/mol. The van der Waals surface area contributed by atoms with Crippen molar-refractivity contribution in [3.05, 3.63) is 53.6 Å². The predicted molar refractivity (Wildman–Crippen MR) is 144 cm³/mol. The van der Waals surface area contributed by atoms with Crippen molar-refractivity contribution in [3.63, 3.8) is 0 Å². The van der Waals surface area contributed by atoms with Crippen LogP contribution < -0.4 is 15.4 Å². The summed E-state index contributed by atoms with van der Waals surface area (Å²) in [4.78, 5) is 18.5. The summed E-state index contributed by atoms with van der Waals surface area (Å²) in [6, 6.07) is 9.67. The molecule has 9 heteroatoms. The van der Waals surface area contributed by atoms with Crippen molar-refractivity contribution in [2.75, 3.05) is 24.4 Å². The van der Waals surface area contributed by atoms with E-state index in [2.05, 4.69) is 34.4 Å². The van der Waals surface area contributed by atoms with Gasteiger partial charge in [0.15, 0.2) is 5.58 Å². The van der Waals surface area contributed by atoms with Crippen LogP contribution in [0.4, 0.5) is 11.8 Å². The summed E-state index contributed by atoms with van der Waals surface area (Å²) in [5.41, 5.74) is 3.71. The fourth-order valence-corrected chi connectivity index (χ4v) is 5.29. The molecule has 5 rings (SSSR count). The van der Waals surface area contributed by atoms with Gasteiger partial charge in [-0.1, -0.05) is 13.0 Å². The molecular formula is C28H34N6O3. The number of aryl methyl sites for hydroxylation is 2. The average molecular weight is 503 g/mol. The molecule has 0 radical (unpaired) electrons. The first kappa shape index (κ1) is 25.0. The number of pyridine rings is 2. The molecule has 0 bridgehead atoms. The number of furan rings is 1. The zero-order valence-corrected chi connectivity index (χ0v) is 22.0. The van der Waals surface area contributed by atoms with E-state index in [0.29, 0.717) is 35.5 Å². The molecule has 4 aromatic heterocycles. The Balaban J connectivity index is 1.57. The summed E-state index contributed by atoms with van der Waals surface area (Å²) >= 11 is 0. The Morgan fingerprint density at radius 2 is 2.00 bits per heavy atom. The molecule has 1 fully saturated rings. The third-order valence-electron chi connectivity index (χ3n) is 7.73. The molecule has 0 aliphatic heterocycles. The van der Waals surface area contributed by atoms with Gasteiger partial charge in [-0.25, -0.2) is 9.97 Å². The molecule has 0 spiro atoms. The molecule has 0 saturated heterocycles. The number of ether oxygens (including phenoxy) is 1. The van der Waals surface area contributed by atoms with Crippen molar-refractivity contribution >= 4 is 22.7 Å². The summed E-state index contributed by atoms with van der Waals surface area (Å²) in [5.74, 6) is 2.92. The molecule has 194 valence electrons. The van der Waals surface area contributed by atoms with Gasteiger partial charge < -0.3 is 24.9 Å². The van der Waals surface area contributed by atoms with E-state index in [1.54, 1.807) is 13.3 Å². The van der Waals surface area contributed by atoms with Crippen LogP contribution in [-0.2, 0) is 6.54 Å². The number of methoxy groups -OCH3 is 1. The number of nitrogens with one attached hydrogen (secondary N) is 2. The Labute approximate surface area is 216 Å². The number of aromatic nitrogens is 4. The number of fused-ring (bicyclic) bond motifs is 1. The van der Waals surface area contributed by atoms with Crippen LogP contribution in [-0.4, -0.2) is 44.3 Å². The molecule has 3 atom stereocenters. The summed E-state index contributed by atoms with van der Waals surface area (Å²) < 4.78 is 11.7. The van der Waals surface area contributed by atoms with E-state index in [1.165, 1.54) is 0 Å². The Morgan fingerprint density at radius 3 is 2.70 bits per heavy atom. The minimum absolute atomic E-state index is 0.183. The lowest BCUT2D eigenvalue weighted by Crippen LogP contribution is -2.40. The lowest BCUT2D eigenvalue weighted by atomic mass is 9.86. The predicted octanol–water partition coefficient (Wildman–Crippen LogP) is 5.13. The van der Waals surface area contributed by atoms with Crippen LogP contribution in [0.15, 0.2) is 40.9 Å².